The van der Waals surface area contributed by atoms with E-state index in [4.69, 9.17) is 4.42 Å². The standard InChI is InChI=1S/C26H14FN3O2/c1-30-22(15-6-8-17(27)9-7-15)12-24-23(30)11-18(32-24)10-21-25(16(13-28)14-29)19-4-2-3-5-20(19)26(21)31/h2-12H,1H3/b21-10-. The number of benzene rings is 2. The van der Waals surface area contributed by atoms with Crippen molar-refractivity contribution in [3.8, 4) is 23.4 Å². The molecule has 0 N–H and O–H groups in total. The molecule has 0 saturated carbocycles. The minimum atomic E-state index is -0.305. The number of nitrogens with zero attached hydrogens (tertiary/aromatic N) is 3. The Morgan fingerprint density at radius 1 is 1.03 bits per heavy atom. The number of allylic oxidation sites excluding steroid dienone is 3. The fourth-order valence-electron chi connectivity index (χ4n) is 4.09. The molecule has 0 unspecified atom stereocenters. The summed E-state index contributed by atoms with van der Waals surface area (Å²) in [6.07, 6.45) is 1.57. The number of aromatic nitrogens is 1. The van der Waals surface area contributed by atoms with E-state index in [9.17, 15) is 19.7 Å². The Balaban J connectivity index is 1.63. The van der Waals surface area contributed by atoms with E-state index in [-0.39, 0.29) is 22.7 Å². The fourth-order valence-corrected chi connectivity index (χ4v) is 4.09. The van der Waals surface area contributed by atoms with E-state index in [1.807, 2.05) is 29.8 Å². The highest BCUT2D eigenvalue weighted by Gasteiger charge is 2.32. The van der Waals surface area contributed by atoms with Crippen LogP contribution in [0.3, 0.4) is 0 Å². The van der Waals surface area contributed by atoms with Gasteiger partial charge in [0.2, 0.25) is 0 Å². The van der Waals surface area contributed by atoms with Crippen molar-refractivity contribution in [2.45, 2.75) is 0 Å². The summed E-state index contributed by atoms with van der Waals surface area (Å²) in [7, 11) is 1.87. The van der Waals surface area contributed by atoms with Crippen molar-refractivity contribution in [3.63, 3.8) is 0 Å². The molecule has 32 heavy (non-hydrogen) atoms. The van der Waals surface area contributed by atoms with Crippen molar-refractivity contribution >= 4 is 28.5 Å². The van der Waals surface area contributed by atoms with Crippen molar-refractivity contribution < 1.29 is 13.6 Å². The van der Waals surface area contributed by atoms with Crippen LogP contribution in [0.15, 0.2) is 76.2 Å². The van der Waals surface area contributed by atoms with Crippen LogP contribution in [0.25, 0.3) is 34.0 Å². The number of carbonyl (C=O) groups is 1. The number of rotatable bonds is 2. The van der Waals surface area contributed by atoms with E-state index < -0.39 is 0 Å². The van der Waals surface area contributed by atoms with E-state index in [1.165, 1.54) is 12.1 Å². The molecule has 0 amide bonds. The second-order valence-corrected chi connectivity index (χ2v) is 7.40. The van der Waals surface area contributed by atoms with Crippen molar-refractivity contribution in [1.29, 1.82) is 10.5 Å². The molecule has 0 spiro atoms. The van der Waals surface area contributed by atoms with Gasteiger partial charge in [0.15, 0.2) is 11.4 Å². The molecule has 1 aliphatic rings. The number of fused-ring (bicyclic) bond motifs is 2. The largest absolute Gasteiger partial charge is 0.455 e. The van der Waals surface area contributed by atoms with E-state index in [0.717, 1.165) is 16.8 Å². The number of ketones is 1. The second-order valence-electron chi connectivity index (χ2n) is 7.40. The Kier molecular flexibility index (Phi) is 4.36. The summed E-state index contributed by atoms with van der Waals surface area (Å²) in [6, 6.07) is 20.5. The Morgan fingerprint density at radius 3 is 2.38 bits per heavy atom. The number of carbonyl (C=O) groups excluding carboxylic acids is 1. The van der Waals surface area contributed by atoms with Crippen LogP contribution in [0.4, 0.5) is 4.39 Å². The van der Waals surface area contributed by atoms with Gasteiger partial charge in [0.1, 0.15) is 29.3 Å². The van der Waals surface area contributed by atoms with Crippen molar-refractivity contribution in [3.05, 3.63) is 94.5 Å². The van der Waals surface area contributed by atoms with Crippen LogP contribution in [0.1, 0.15) is 21.7 Å². The Labute approximate surface area is 182 Å². The molecule has 2 heterocycles. The van der Waals surface area contributed by atoms with Gasteiger partial charge in [-0.05, 0) is 41.5 Å². The quantitative estimate of drug-likeness (QED) is 0.310. The molecule has 5 rings (SSSR count). The average Bonchev–Trinajstić information content (AvgIpc) is 3.43. The van der Waals surface area contributed by atoms with Gasteiger partial charge in [-0.15, -0.1) is 0 Å². The SMILES string of the molecule is Cn1c(-c2ccc(F)cc2)cc2oc(/C=C3\C(=O)c4ccccc4C3=C(C#N)C#N)cc21. The molecule has 0 fully saturated rings. The molecule has 0 aliphatic heterocycles. The Bertz CT molecular complexity index is 1550. The normalized spacial score (nSPS) is 13.9. The smallest absolute Gasteiger partial charge is 0.194 e. The van der Waals surface area contributed by atoms with Gasteiger partial charge >= 0.3 is 0 Å². The summed E-state index contributed by atoms with van der Waals surface area (Å²) >= 11 is 0. The lowest BCUT2D eigenvalue weighted by Gasteiger charge is -2.03. The van der Waals surface area contributed by atoms with Gasteiger partial charge in [-0.1, -0.05) is 24.3 Å². The predicted octanol–water partition coefficient (Wildman–Crippen LogP) is 5.66. The first-order valence-electron chi connectivity index (χ1n) is 9.77. The number of Topliss-reactive ketones (excluding diaryl/α,β-unsaturated/α-hetero) is 1. The zero-order chi connectivity index (χ0) is 22.4. The van der Waals surface area contributed by atoms with Crippen LogP contribution in [0.2, 0.25) is 0 Å². The first-order chi connectivity index (χ1) is 15.5. The molecular formula is C26H14FN3O2. The van der Waals surface area contributed by atoms with Gasteiger partial charge in [0, 0.05) is 35.9 Å². The van der Waals surface area contributed by atoms with Gasteiger partial charge in [0.25, 0.3) is 0 Å². The van der Waals surface area contributed by atoms with E-state index in [1.54, 1.807) is 48.5 Å². The molecule has 1 aliphatic carbocycles. The molecule has 5 nitrogen and oxygen atoms in total. The maximum absolute atomic E-state index is 13.3. The van der Waals surface area contributed by atoms with Crippen molar-refractivity contribution in [1.82, 2.24) is 4.57 Å². The van der Waals surface area contributed by atoms with Gasteiger partial charge in [-0.2, -0.15) is 10.5 Å². The zero-order valence-electron chi connectivity index (χ0n) is 16.9. The van der Waals surface area contributed by atoms with Gasteiger partial charge in [-0.3, -0.25) is 4.79 Å². The molecule has 4 aromatic rings. The topological polar surface area (TPSA) is 82.7 Å². The highest BCUT2D eigenvalue weighted by Crippen LogP contribution is 2.40. The number of furan rings is 1. The van der Waals surface area contributed by atoms with Crippen LogP contribution in [0, 0.1) is 28.5 Å². The lowest BCUT2D eigenvalue weighted by Crippen LogP contribution is -1.95. The number of hydrogen-bond acceptors (Lipinski definition) is 4. The highest BCUT2D eigenvalue weighted by atomic mass is 19.1. The molecule has 6 heteroatoms. The van der Waals surface area contributed by atoms with Crippen LogP contribution in [-0.4, -0.2) is 10.4 Å². The summed E-state index contributed by atoms with van der Waals surface area (Å²) < 4.78 is 21.2. The van der Waals surface area contributed by atoms with Crippen molar-refractivity contribution in [2.24, 2.45) is 7.05 Å². The summed E-state index contributed by atoms with van der Waals surface area (Å²) in [4.78, 5) is 13.0. The van der Waals surface area contributed by atoms with Crippen LogP contribution >= 0.6 is 0 Å². The molecular weight excluding hydrogens is 405 g/mol. The molecule has 0 atom stereocenters. The molecule has 2 aromatic carbocycles. The number of aryl methyl sites for hydroxylation is 1. The predicted molar refractivity (Wildman–Crippen MR) is 117 cm³/mol. The zero-order valence-corrected chi connectivity index (χ0v) is 16.9. The number of hydrogen-bond donors (Lipinski definition) is 0. The first kappa shape index (κ1) is 19.3. The average molecular weight is 419 g/mol. The van der Waals surface area contributed by atoms with Gasteiger partial charge in [-0.25, -0.2) is 4.39 Å². The fraction of sp³-hybridized carbons (Fsp3) is 0.0385. The van der Waals surface area contributed by atoms with E-state index in [0.29, 0.717) is 28.0 Å². The summed E-state index contributed by atoms with van der Waals surface area (Å²) in [6.45, 7) is 0. The molecule has 2 aromatic heterocycles. The Hall–Kier alpha value is -4.68. The molecule has 0 radical (unpaired) electrons. The van der Waals surface area contributed by atoms with Crippen molar-refractivity contribution in [2.75, 3.05) is 0 Å². The first-order valence-corrected chi connectivity index (χ1v) is 9.77. The molecule has 0 bridgehead atoms. The van der Waals surface area contributed by atoms with E-state index in [2.05, 4.69) is 0 Å². The van der Waals surface area contributed by atoms with Gasteiger partial charge < -0.3 is 8.98 Å². The van der Waals surface area contributed by atoms with E-state index >= 15 is 0 Å². The maximum atomic E-state index is 13.3. The van der Waals surface area contributed by atoms with Crippen LogP contribution in [0.5, 0.6) is 0 Å². The lowest BCUT2D eigenvalue weighted by molar-refractivity contribution is 0.104. The van der Waals surface area contributed by atoms with Crippen LogP contribution in [-0.2, 0) is 7.05 Å². The minimum absolute atomic E-state index is 0.121. The summed E-state index contributed by atoms with van der Waals surface area (Å²) in [5.41, 5.74) is 4.58. The highest BCUT2D eigenvalue weighted by molar-refractivity contribution is 6.29. The number of halogens is 1. The maximum Gasteiger partial charge on any atom is 0.194 e. The monoisotopic (exact) mass is 419 g/mol. The minimum Gasteiger partial charge on any atom is -0.455 e. The van der Waals surface area contributed by atoms with Crippen LogP contribution < -0.4 is 0 Å². The molecule has 0 saturated heterocycles. The summed E-state index contributed by atoms with van der Waals surface area (Å²) in [5.74, 6) is -0.132. The lowest BCUT2D eigenvalue weighted by atomic mass is 9.99. The third-order valence-electron chi connectivity index (χ3n) is 5.60. The third kappa shape index (κ3) is 2.86. The second kappa shape index (κ2) is 7.23. The number of nitriles is 2. The molecule has 152 valence electrons. The van der Waals surface area contributed by atoms with Gasteiger partial charge in [0.05, 0.1) is 11.2 Å². The third-order valence-corrected chi connectivity index (χ3v) is 5.60. The summed E-state index contributed by atoms with van der Waals surface area (Å²) in [5, 5.41) is 18.9. The Morgan fingerprint density at radius 2 is 1.72 bits per heavy atom.